The van der Waals surface area contributed by atoms with E-state index < -0.39 is 0 Å². The highest BCUT2D eigenvalue weighted by atomic mass is 35.5. The fraction of sp³-hybridized carbons (Fsp3) is 0.167. The number of carbonyl (C=O) groups excluding carboxylic acids is 1. The highest BCUT2D eigenvalue weighted by Crippen LogP contribution is 2.25. The van der Waals surface area contributed by atoms with Crippen molar-refractivity contribution in [1.29, 1.82) is 0 Å². The lowest BCUT2D eigenvalue weighted by molar-refractivity contribution is -0.121. The third-order valence-electron chi connectivity index (χ3n) is 3.68. The second-order valence-corrected chi connectivity index (χ2v) is 5.79. The summed E-state index contributed by atoms with van der Waals surface area (Å²) in [5, 5.41) is 7.64. The van der Waals surface area contributed by atoms with E-state index in [4.69, 9.17) is 11.6 Å². The van der Waals surface area contributed by atoms with E-state index in [1.54, 1.807) is 11.0 Å². The highest BCUT2D eigenvalue weighted by Gasteiger charge is 2.07. The minimum atomic E-state index is -0.0172. The van der Waals surface area contributed by atoms with E-state index in [-0.39, 0.29) is 5.91 Å². The summed E-state index contributed by atoms with van der Waals surface area (Å²) in [5.74, 6) is -0.0172. The standard InChI is InChI=1S/C18H17ClN4O/c19-16-7-5-14(6-8-16)17-4-2-1-3-15(17)11-21-18(24)9-10-23-13-20-12-22-23/h1-8,12-13H,9-11H2,(H,21,24). The fourth-order valence-electron chi connectivity index (χ4n) is 2.43. The van der Waals surface area contributed by atoms with Gasteiger partial charge in [0.1, 0.15) is 12.7 Å². The van der Waals surface area contributed by atoms with Crippen molar-refractivity contribution in [3.63, 3.8) is 0 Å². The van der Waals surface area contributed by atoms with Gasteiger partial charge in [-0.15, -0.1) is 0 Å². The van der Waals surface area contributed by atoms with Gasteiger partial charge in [0, 0.05) is 18.0 Å². The van der Waals surface area contributed by atoms with Gasteiger partial charge >= 0.3 is 0 Å². The van der Waals surface area contributed by atoms with Gasteiger partial charge in [0.05, 0.1) is 6.54 Å². The molecule has 24 heavy (non-hydrogen) atoms. The first-order valence-electron chi connectivity index (χ1n) is 7.65. The summed E-state index contributed by atoms with van der Waals surface area (Å²) in [6, 6.07) is 15.7. The Morgan fingerprint density at radius 2 is 1.92 bits per heavy atom. The van der Waals surface area contributed by atoms with E-state index in [1.165, 1.54) is 6.33 Å². The molecule has 0 aliphatic rings. The Bertz CT molecular complexity index is 800. The number of nitrogens with one attached hydrogen (secondary N) is 1. The van der Waals surface area contributed by atoms with E-state index in [1.807, 2.05) is 48.5 Å². The highest BCUT2D eigenvalue weighted by molar-refractivity contribution is 6.30. The largest absolute Gasteiger partial charge is 0.352 e. The molecule has 0 atom stereocenters. The molecule has 5 nitrogen and oxygen atoms in total. The molecule has 0 saturated carbocycles. The van der Waals surface area contributed by atoms with E-state index >= 15 is 0 Å². The molecule has 2 aromatic carbocycles. The Hall–Kier alpha value is -2.66. The second-order valence-electron chi connectivity index (χ2n) is 5.35. The number of nitrogens with zero attached hydrogens (tertiary/aromatic N) is 3. The number of aryl methyl sites for hydroxylation is 1. The van der Waals surface area contributed by atoms with Gasteiger partial charge < -0.3 is 5.32 Å². The van der Waals surface area contributed by atoms with Crippen LogP contribution in [0.5, 0.6) is 0 Å². The first-order valence-corrected chi connectivity index (χ1v) is 8.03. The molecule has 0 bridgehead atoms. The minimum absolute atomic E-state index is 0.0172. The van der Waals surface area contributed by atoms with Gasteiger partial charge in [-0.2, -0.15) is 5.10 Å². The monoisotopic (exact) mass is 340 g/mol. The summed E-state index contributed by atoms with van der Waals surface area (Å²) < 4.78 is 1.64. The van der Waals surface area contributed by atoms with E-state index in [0.29, 0.717) is 24.5 Å². The van der Waals surface area contributed by atoms with Crippen LogP contribution in [0, 0.1) is 0 Å². The van der Waals surface area contributed by atoms with Crippen LogP contribution in [-0.2, 0) is 17.9 Å². The number of rotatable bonds is 6. The predicted molar refractivity (Wildman–Crippen MR) is 93.4 cm³/mol. The third-order valence-corrected chi connectivity index (χ3v) is 3.94. The molecule has 1 N–H and O–H groups in total. The SMILES string of the molecule is O=C(CCn1cncn1)NCc1ccccc1-c1ccc(Cl)cc1. The molecular formula is C18H17ClN4O. The van der Waals surface area contributed by atoms with Gasteiger partial charge in [-0.25, -0.2) is 4.98 Å². The van der Waals surface area contributed by atoms with Crippen LogP contribution in [0.15, 0.2) is 61.2 Å². The third kappa shape index (κ3) is 4.20. The fourth-order valence-corrected chi connectivity index (χ4v) is 2.56. The van der Waals surface area contributed by atoms with Crippen LogP contribution in [0.3, 0.4) is 0 Å². The summed E-state index contributed by atoms with van der Waals surface area (Å²) >= 11 is 5.95. The van der Waals surface area contributed by atoms with Crippen molar-refractivity contribution < 1.29 is 4.79 Å². The van der Waals surface area contributed by atoms with E-state index in [9.17, 15) is 4.79 Å². The van der Waals surface area contributed by atoms with Crippen molar-refractivity contribution in [2.45, 2.75) is 19.5 Å². The molecular weight excluding hydrogens is 324 g/mol. The van der Waals surface area contributed by atoms with Gasteiger partial charge in [-0.3, -0.25) is 9.48 Å². The number of hydrogen-bond donors (Lipinski definition) is 1. The van der Waals surface area contributed by atoms with Crippen molar-refractivity contribution in [1.82, 2.24) is 20.1 Å². The Morgan fingerprint density at radius 3 is 2.67 bits per heavy atom. The molecule has 3 aromatic rings. The Kier molecular flexibility index (Phi) is 5.23. The van der Waals surface area contributed by atoms with E-state index in [0.717, 1.165) is 16.7 Å². The molecule has 0 spiro atoms. The van der Waals surface area contributed by atoms with E-state index in [2.05, 4.69) is 15.4 Å². The molecule has 122 valence electrons. The molecule has 0 unspecified atom stereocenters. The van der Waals surface area contributed by atoms with Crippen molar-refractivity contribution in [2.75, 3.05) is 0 Å². The average molecular weight is 341 g/mol. The number of amides is 1. The molecule has 0 saturated heterocycles. The van der Waals surface area contributed by atoms with Gasteiger partial charge in [0.2, 0.25) is 5.91 Å². The summed E-state index contributed by atoms with van der Waals surface area (Å²) in [6.07, 6.45) is 3.43. The van der Waals surface area contributed by atoms with Crippen LogP contribution >= 0.6 is 11.6 Å². The van der Waals surface area contributed by atoms with Crippen molar-refractivity contribution in [3.05, 3.63) is 71.8 Å². The molecule has 1 amide bonds. The van der Waals surface area contributed by atoms with Gasteiger partial charge in [-0.05, 0) is 28.8 Å². The second kappa shape index (κ2) is 7.75. The predicted octanol–water partition coefficient (Wildman–Crippen LogP) is 3.31. The van der Waals surface area contributed by atoms with Gasteiger partial charge in [-0.1, -0.05) is 48.0 Å². The first-order chi connectivity index (χ1) is 11.7. The lowest BCUT2D eigenvalue weighted by atomic mass is 10.00. The number of aromatic nitrogens is 3. The quantitative estimate of drug-likeness (QED) is 0.749. The Labute approximate surface area is 145 Å². The Morgan fingerprint density at radius 1 is 1.12 bits per heavy atom. The zero-order valence-electron chi connectivity index (χ0n) is 13.0. The maximum atomic E-state index is 12.0. The molecule has 1 heterocycles. The number of carbonyl (C=O) groups is 1. The van der Waals surface area contributed by atoms with Crippen LogP contribution in [0.1, 0.15) is 12.0 Å². The molecule has 6 heteroatoms. The summed E-state index contributed by atoms with van der Waals surface area (Å²) in [7, 11) is 0. The molecule has 0 radical (unpaired) electrons. The maximum absolute atomic E-state index is 12.0. The van der Waals surface area contributed by atoms with Gasteiger partial charge in [0.25, 0.3) is 0 Å². The van der Waals surface area contributed by atoms with Crippen molar-refractivity contribution in [3.8, 4) is 11.1 Å². The van der Waals surface area contributed by atoms with Crippen LogP contribution in [0.4, 0.5) is 0 Å². The molecule has 1 aromatic heterocycles. The first kappa shape index (κ1) is 16.2. The number of benzene rings is 2. The summed E-state index contributed by atoms with van der Waals surface area (Å²) in [4.78, 5) is 15.9. The molecule has 3 rings (SSSR count). The smallest absolute Gasteiger partial charge is 0.222 e. The van der Waals surface area contributed by atoms with Crippen LogP contribution in [0.25, 0.3) is 11.1 Å². The molecule has 0 aliphatic heterocycles. The Balaban J connectivity index is 1.63. The number of hydrogen-bond acceptors (Lipinski definition) is 3. The average Bonchev–Trinajstić information content (AvgIpc) is 3.13. The molecule has 0 fully saturated rings. The molecule has 0 aliphatic carbocycles. The zero-order chi connectivity index (χ0) is 16.8. The van der Waals surface area contributed by atoms with Crippen molar-refractivity contribution in [2.24, 2.45) is 0 Å². The van der Waals surface area contributed by atoms with Crippen molar-refractivity contribution >= 4 is 17.5 Å². The zero-order valence-corrected chi connectivity index (χ0v) is 13.8. The maximum Gasteiger partial charge on any atom is 0.222 e. The van der Waals surface area contributed by atoms with Crippen LogP contribution in [-0.4, -0.2) is 20.7 Å². The summed E-state index contributed by atoms with van der Waals surface area (Å²) in [6.45, 7) is 1.000. The normalized spacial score (nSPS) is 10.5. The lowest BCUT2D eigenvalue weighted by Crippen LogP contribution is -2.24. The minimum Gasteiger partial charge on any atom is -0.352 e. The lowest BCUT2D eigenvalue weighted by Gasteiger charge is -2.11. The van der Waals surface area contributed by atoms with Crippen LogP contribution < -0.4 is 5.32 Å². The van der Waals surface area contributed by atoms with Gasteiger partial charge in [0.15, 0.2) is 0 Å². The van der Waals surface area contributed by atoms with Crippen LogP contribution in [0.2, 0.25) is 5.02 Å². The topological polar surface area (TPSA) is 59.8 Å². The summed E-state index contributed by atoms with van der Waals surface area (Å²) in [5.41, 5.74) is 3.23. The number of halogens is 1.